The van der Waals surface area contributed by atoms with Crippen LogP contribution in [0.5, 0.6) is 11.5 Å². The maximum absolute atomic E-state index is 11.4. The minimum atomic E-state index is -0.422. The van der Waals surface area contributed by atoms with Crippen molar-refractivity contribution in [3.63, 3.8) is 0 Å². The smallest absolute Gasteiger partial charge is 0.333 e. The molecule has 0 saturated carbocycles. The van der Waals surface area contributed by atoms with Gasteiger partial charge in [0.1, 0.15) is 11.5 Å². The molecule has 1 N–H and O–H groups in total. The van der Waals surface area contributed by atoms with Gasteiger partial charge in [-0.1, -0.05) is 67.2 Å². The lowest BCUT2D eigenvalue weighted by Gasteiger charge is -2.11. The van der Waals surface area contributed by atoms with Gasteiger partial charge in [-0.3, -0.25) is 0 Å². The van der Waals surface area contributed by atoms with Gasteiger partial charge in [-0.25, -0.2) is 19.7 Å². The zero-order chi connectivity index (χ0) is 24.6. The molecule has 0 radical (unpaired) electrons. The summed E-state index contributed by atoms with van der Waals surface area (Å²) >= 11 is 0. The van der Waals surface area contributed by atoms with E-state index in [2.05, 4.69) is 21.5 Å². The Kier molecular flexibility index (Phi) is 7.47. The van der Waals surface area contributed by atoms with Crippen LogP contribution < -0.4 is 4.74 Å². The van der Waals surface area contributed by atoms with Gasteiger partial charge in [0.25, 0.3) is 0 Å². The van der Waals surface area contributed by atoms with Crippen molar-refractivity contribution in [2.24, 2.45) is 0 Å². The molecular formula is C28H25N3O4. The van der Waals surface area contributed by atoms with Crippen LogP contribution in [0, 0.1) is 0 Å². The summed E-state index contributed by atoms with van der Waals surface area (Å²) in [4.78, 5) is 25.3. The van der Waals surface area contributed by atoms with E-state index < -0.39 is 5.97 Å². The van der Waals surface area contributed by atoms with E-state index in [0.29, 0.717) is 47.4 Å². The number of phenols is 1. The highest BCUT2D eigenvalue weighted by Gasteiger charge is 2.15. The molecule has 7 nitrogen and oxygen atoms in total. The van der Waals surface area contributed by atoms with Gasteiger partial charge < -0.3 is 14.6 Å². The number of esters is 1. The van der Waals surface area contributed by atoms with E-state index >= 15 is 0 Å². The minimum Gasteiger partial charge on any atom is -0.507 e. The summed E-state index contributed by atoms with van der Waals surface area (Å²) in [5.74, 6) is 1.43. The molecule has 0 aliphatic carbocycles. The normalized spacial score (nSPS) is 10.5. The van der Waals surface area contributed by atoms with Crippen molar-refractivity contribution in [2.75, 3.05) is 13.2 Å². The predicted molar refractivity (Wildman–Crippen MR) is 134 cm³/mol. The lowest BCUT2D eigenvalue weighted by molar-refractivity contribution is -0.139. The molecule has 0 atom stereocenters. The van der Waals surface area contributed by atoms with Crippen LogP contribution in [0.25, 0.3) is 34.2 Å². The van der Waals surface area contributed by atoms with E-state index in [4.69, 9.17) is 9.47 Å². The monoisotopic (exact) mass is 467 g/mol. The minimum absolute atomic E-state index is 0.0135. The third kappa shape index (κ3) is 6.09. The second kappa shape index (κ2) is 11.1. The van der Waals surface area contributed by atoms with Crippen LogP contribution in [0.15, 0.2) is 91.0 Å². The van der Waals surface area contributed by atoms with Gasteiger partial charge in [-0.15, -0.1) is 0 Å². The van der Waals surface area contributed by atoms with Crippen LogP contribution in [-0.2, 0) is 9.53 Å². The van der Waals surface area contributed by atoms with Gasteiger partial charge in [0.05, 0.1) is 18.8 Å². The molecule has 4 aromatic rings. The highest BCUT2D eigenvalue weighted by atomic mass is 16.5. The molecule has 7 heteroatoms. The highest BCUT2D eigenvalue weighted by molar-refractivity contribution is 5.86. The van der Waals surface area contributed by atoms with Gasteiger partial charge >= 0.3 is 5.97 Å². The molecule has 35 heavy (non-hydrogen) atoms. The Labute approximate surface area is 203 Å². The van der Waals surface area contributed by atoms with Gasteiger partial charge in [-0.05, 0) is 19.1 Å². The number of aromatic nitrogens is 3. The number of carbonyl (C=O) groups is 1. The molecular weight excluding hydrogens is 442 g/mol. The summed E-state index contributed by atoms with van der Waals surface area (Å²) in [7, 11) is 0. The fraction of sp³-hybridized carbons (Fsp3) is 0.143. The van der Waals surface area contributed by atoms with Gasteiger partial charge in [0, 0.05) is 29.2 Å². The number of hydrogen-bond acceptors (Lipinski definition) is 7. The van der Waals surface area contributed by atoms with Gasteiger partial charge in [-0.2, -0.15) is 0 Å². The zero-order valence-corrected chi connectivity index (χ0v) is 19.3. The number of rotatable bonds is 9. The Bertz CT molecular complexity index is 1270. The van der Waals surface area contributed by atoms with E-state index in [1.807, 2.05) is 60.7 Å². The topological polar surface area (TPSA) is 94.4 Å². The summed E-state index contributed by atoms with van der Waals surface area (Å²) in [6.07, 6.45) is 0.510. The Balaban J connectivity index is 1.56. The molecule has 1 heterocycles. The Morgan fingerprint density at radius 3 is 1.94 bits per heavy atom. The lowest BCUT2D eigenvalue weighted by atomic mass is 10.1. The summed E-state index contributed by atoms with van der Waals surface area (Å²) in [6, 6.07) is 24.2. The SMILES string of the molecule is C=C(C)C(=O)OCCCOc1ccc(-c2nc(-c3ccccc3)nc(-c3ccccc3)n2)c(O)c1. The average Bonchev–Trinajstić information content (AvgIpc) is 2.89. The number of benzene rings is 3. The van der Waals surface area contributed by atoms with Crippen molar-refractivity contribution in [3.8, 4) is 45.7 Å². The van der Waals surface area contributed by atoms with Crippen LogP contribution in [0.3, 0.4) is 0 Å². The highest BCUT2D eigenvalue weighted by Crippen LogP contribution is 2.32. The Morgan fingerprint density at radius 1 is 0.829 bits per heavy atom. The van der Waals surface area contributed by atoms with E-state index in [9.17, 15) is 9.90 Å². The molecule has 0 aliphatic rings. The van der Waals surface area contributed by atoms with Crippen LogP contribution in [0.4, 0.5) is 0 Å². The molecule has 176 valence electrons. The summed E-state index contributed by atoms with van der Waals surface area (Å²) in [5, 5.41) is 10.7. The number of aromatic hydroxyl groups is 1. The summed E-state index contributed by atoms with van der Waals surface area (Å²) in [6.45, 7) is 5.69. The predicted octanol–water partition coefficient (Wildman–Crippen LogP) is 5.47. The number of ether oxygens (including phenoxy) is 2. The Morgan fingerprint density at radius 2 is 1.40 bits per heavy atom. The largest absolute Gasteiger partial charge is 0.507 e. The van der Waals surface area contributed by atoms with Crippen LogP contribution in [0.1, 0.15) is 13.3 Å². The molecule has 1 aromatic heterocycles. The van der Waals surface area contributed by atoms with E-state index in [1.54, 1.807) is 19.1 Å². The maximum atomic E-state index is 11.4. The second-order valence-electron chi connectivity index (χ2n) is 7.84. The van der Waals surface area contributed by atoms with Crippen LogP contribution >= 0.6 is 0 Å². The van der Waals surface area contributed by atoms with Crippen molar-refractivity contribution in [3.05, 3.63) is 91.0 Å². The van der Waals surface area contributed by atoms with Gasteiger partial charge in [0.2, 0.25) is 0 Å². The molecule has 0 aliphatic heterocycles. The van der Waals surface area contributed by atoms with E-state index in [0.717, 1.165) is 11.1 Å². The molecule has 0 spiro atoms. The van der Waals surface area contributed by atoms with Crippen molar-refractivity contribution < 1.29 is 19.4 Å². The van der Waals surface area contributed by atoms with E-state index in [-0.39, 0.29) is 12.4 Å². The Hall–Kier alpha value is -4.52. The first-order valence-electron chi connectivity index (χ1n) is 11.2. The number of hydrogen-bond donors (Lipinski definition) is 1. The number of carbonyl (C=O) groups excluding carboxylic acids is 1. The standard InChI is InChI=1S/C28H25N3O4/c1-19(2)28(33)35-17-9-16-34-22-14-15-23(24(32)18-22)27-30-25(20-10-5-3-6-11-20)29-26(31-27)21-12-7-4-8-13-21/h3-8,10-15,18,32H,1,9,16-17H2,2H3. The van der Waals surface area contributed by atoms with Crippen molar-refractivity contribution >= 4 is 5.97 Å². The van der Waals surface area contributed by atoms with Crippen molar-refractivity contribution in [2.45, 2.75) is 13.3 Å². The van der Waals surface area contributed by atoms with Crippen molar-refractivity contribution in [1.29, 1.82) is 0 Å². The zero-order valence-electron chi connectivity index (χ0n) is 19.3. The van der Waals surface area contributed by atoms with Gasteiger partial charge in [0.15, 0.2) is 17.5 Å². The number of nitrogens with zero attached hydrogens (tertiary/aromatic N) is 3. The van der Waals surface area contributed by atoms with Crippen molar-refractivity contribution in [1.82, 2.24) is 15.0 Å². The van der Waals surface area contributed by atoms with Crippen LogP contribution in [-0.4, -0.2) is 39.2 Å². The lowest BCUT2D eigenvalue weighted by Crippen LogP contribution is -2.09. The van der Waals surface area contributed by atoms with E-state index in [1.165, 1.54) is 6.07 Å². The fourth-order valence-electron chi connectivity index (χ4n) is 3.26. The third-order valence-corrected chi connectivity index (χ3v) is 5.05. The molecule has 0 fully saturated rings. The second-order valence-corrected chi connectivity index (χ2v) is 7.84. The quantitative estimate of drug-likeness (QED) is 0.198. The average molecular weight is 468 g/mol. The third-order valence-electron chi connectivity index (χ3n) is 5.05. The molecule has 0 unspecified atom stereocenters. The maximum Gasteiger partial charge on any atom is 0.333 e. The first-order valence-corrected chi connectivity index (χ1v) is 11.2. The summed E-state index contributed by atoms with van der Waals surface area (Å²) in [5.41, 5.74) is 2.51. The first-order chi connectivity index (χ1) is 17.0. The molecule has 0 amide bonds. The first kappa shape index (κ1) is 23.6. The molecule has 4 rings (SSSR count). The fourth-order valence-corrected chi connectivity index (χ4v) is 3.26. The summed E-state index contributed by atoms with van der Waals surface area (Å²) < 4.78 is 10.7. The van der Waals surface area contributed by atoms with Crippen LogP contribution in [0.2, 0.25) is 0 Å². The number of phenolic OH excluding ortho intramolecular Hbond substituents is 1. The molecule has 0 saturated heterocycles. The molecule has 3 aromatic carbocycles. The molecule has 0 bridgehead atoms.